The molecule has 0 aromatic rings. The minimum Gasteiger partial charge on any atom is -0.379 e. The first-order valence-corrected chi connectivity index (χ1v) is 4.43. The van der Waals surface area contributed by atoms with Crippen molar-refractivity contribution in [3.63, 3.8) is 0 Å². The average Bonchev–Trinajstić information content (AvgIpc) is 2.39. The highest BCUT2D eigenvalue weighted by atomic mass is 16.5. The van der Waals surface area contributed by atoms with Gasteiger partial charge in [-0.15, -0.1) is 0 Å². The van der Waals surface area contributed by atoms with Crippen molar-refractivity contribution in [2.75, 3.05) is 13.2 Å². The number of carbonyl (C=O) groups is 2. The van der Waals surface area contributed by atoms with Gasteiger partial charge in [-0.25, -0.2) is 4.79 Å². The second-order valence-electron chi connectivity index (χ2n) is 2.94. The lowest BCUT2D eigenvalue weighted by atomic mass is 10.3. The Morgan fingerprint density at radius 1 is 1.46 bits per heavy atom. The maximum Gasteiger partial charge on any atom is 0.322 e. The van der Waals surface area contributed by atoms with Gasteiger partial charge in [-0.05, 0) is 6.42 Å². The fourth-order valence-corrected chi connectivity index (χ4v) is 1.02. The molecule has 5 heteroatoms. The number of imide groups is 1. The third-order valence-corrected chi connectivity index (χ3v) is 1.79. The van der Waals surface area contributed by atoms with E-state index >= 15 is 0 Å². The fraction of sp³-hybridized carbons (Fsp3) is 0.750. The van der Waals surface area contributed by atoms with Crippen molar-refractivity contribution in [3.8, 4) is 0 Å². The quantitative estimate of drug-likeness (QED) is 0.469. The van der Waals surface area contributed by atoms with Crippen molar-refractivity contribution >= 4 is 11.9 Å². The Kier molecular flexibility index (Phi) is 3.70. The Hall–Kier alpha value is -1.10. The van der Waals surface area contributed by atoms with Gasteiger partial charge >= 0.3 is 6.03 Å². The molecular weight excluding hydrogens is 172 g/mol. The monoisotopic (exact) mass is 186 g/mol. The molecule has 0 saturated carbocycles. The molecule has 1 heterocycles. The Balaban J connectivity index is 2.14. The summed E-state index contributed by atoms with van der Waals surface area (Å²) < 4.78 is 5.20. The molecule has 1 fully saturated rings. The van der Waals surface area contributed by atoms with E-state index in [0.29, 0.717) is 6.61 Å². The third-order valence-electron chi connectivity index (χ3n) is 1.79. The van der Waals surface area contributed by atoms with E-state index in [1.54, 1.807) is 0 Å². The second kappa shape index (κ2) is 4.81. The predicted molar refractivity (Wildman–Crippen MR) is 46.2 cm³/mol. The third kappa shape index (κ3) is 3.02. The molecule has 1 atom stereocenters. The van der Waals surface area contributed by atoms with Crippen molar-refractivity contribution in [1.82, 2.24) is 10.6 Å². The van der Waals surface area contributed by atoms with Crippen LogP contribution in [0, 0.1) is 0 Å². The van der Waals surface area contributed by atoms with Gasteiger partial charge in [0, 0.05) is 6.61 Å². The van der Waals surface area contributed by atoms with E-state index in [-0.39, 0.29) is 12.5 Å². The van der Waals surface area contributed by atoms with Crippen LogP contribution in [0.1, 0.15) is 19.8 Å². The number of unbranched alkanes of at least 4 members (excludes halogenated alkanes) is 1. The molecule has 1 unspecified atom stereocenters. The van der Waals surface area contributed by atoms with E-state index in [1.807, 2.05) is 0 Å². The number of ether oxygens (including phenoxy) is 1. The van der Waals surface area contributed by atoms with Crippen LogP contribution in [0.25, 0.3) is 0 Å². The highest BCUT2D eigenvalue weighted by molar-refractivity contribution is 6.04. The van der Waals surface area contributed by atoms with Gasteiger partial charge < -0.3 is 10.1 Å². The highest BCUT2D eigenvalue weighted by Crippen LogP contribution is 1.95. The fourth-order valence-electron chi connectivity index (χ4n) is 1.02. The minimum absolute atomic E-state index is 0.261. The number of urea groups is 1. The number of hydrogen-bond acceptors (Lipinski definition) is 3. The number of hydrogen-bond donors (Lipinski definition) is 2. The van der Waals surface area contributed by atoms with Crippen LogP contribution in [-0.2, 0) is 9.53 Å². The van der Waals surface area contributed by atoms with Crippen molar-refractivity contribution < 1.29 is 14.3 Å². The Morgan fingerprint density at radius 2 is 2.23 bits per heavy atom. The number of carbonyl (C=O) groups excluding carboxylic acids is 2. The van der Waals surface area contributed by atoms with Crippen molar-refractivity contribution in [1.29, 1.82) is 0 Å². The predicted octanol–water partition coefficient (Wildman–Crippen LogP) is 0.0111. The zero-order chi connectivity index (χ0) is 9.68. The Labute approximate surface area is 76.8 Å². The van der Waals surface area contributed by atoms with Gasteiger partial charge in [0.05, 0.1) is 6.61 Å². The molecule has 0 aromatic carbocycles. The highest BCUT2D eigenvalue weighted by Gasteiger charge is 2.29. The normalized spacial score (nSPS) is 21.5. The van der Waals surface area contributed by atoms with Crippen molar-refractivity contribution in [3.05, 3.63) is 0 Å². The lowest BCUT2D eigenvalue weighted by Gasteiger charge is -2.07. The molecule has 2 N–H and O–H groups in total. The van der Waals surface area contributed by atoms with Gasteiger partial charge in [-0.1, -0.05) is 13.3 Å². The molecule has 1 aliphatic rings. The maximum atomic E-state index is 11.0. The van der Waals surface area contributed by atoms with Crippen LogP contribution in [0.2, 0.25) is 0 Å². The van der Waals surface area contributed by atoms with Gasteiger partial charge in [-0.3, -0.25) is 10.1 Å². The largest absolute Gasteiger partial charge is 0.379 e. The van der Waals surface area contributed by atoms with Crippen molar-refractivity contribution in [2.45, 2.75) is 25.8 Å². The smallest absolute Gasteiger partial charge is 0.322 e. The summed E-state index contributed by atoms with van der Waals surface area (Å²) in [6.07, 6.45) is 2.03. The van der Waals surface area contributed by atoms with E-state index in [2.05, 4.69) is 17.6 Å². The summed E-state index contributed by atoms with van der Waals surface area (Å²) in [6, 6.07) is -0.946. The molecular formula is C8H14N2O3. The van der Waals surface area contributed by atoms with Gasteiger partial charge in [0.25, 0.3) is 5.91 Å². The van der Waals surface area contributed by atoms with Gasteiger partial charge in [-0.2, -0.15) is 0 Å². The van der Waals surface area contributed by atoms with E-state index in [4.69, 9.17) is 4.74 Å². The zero-order valence-corrected chi connectivity index (χ0v) is 7.63. The summed E-state index contributed by atoms with van der Waals surface area (Å²) in [4.78, 5) is 21.6. The minimum atomic E-state index is -0.510. The van der Waals surface area contributed by atoms with Crippen LogP contribution < -0.4 is 10.6 Å². The summed E-state index contributed by atoms with van der Waals surface area (Å²) in [5, 5.41) is 4.59. The molecule has 0 spiro atoms. The molecule has 13 heavy (non-hydrogen) atoms. The van der Waals surface area contributed by atoms with Gasteiger partial charge in [0.1, 0.15) is 6.04 Å². The molecule has 5 nitrogen and oxygen atoms in total. The first-order valence-electron chi connectivity index (χ1n) is 4.43. The summed E-state index contributed by atoms with van der Waals surface area (Å²) in [5.41, 5.74) is 0. The average molecular weight is 186 g/mol. The van der Waals surface area contributed by atoms with Crippen LogP contribution in [0.15, 0.2) is 0 Å². The molecule has 74 valence electrons. The Morgan fingerprint density at radius 3 is 2.77 bits per heavy atom. The molecule has 1 aliphatic heterocycles. The number of amides is 3. The summed E-state index contributed by atoms with van der Waals surface area (Å²) in [5.74, 6) is -0.304. The van der Waals surface area contributed by atoms with Gasteiger partial charge in [0.15, 0.2) is 0 Å². The van der Waals surface area contributed by atoms with E-state index < -0.39 is 12.1 Å². The van der Waals surface area contributed by atoms with Crippen LogP contribution in [0.4, 0.5) is 4.79 Å². The second-order valence-corrected chi connectivity index (χ2v) is 2.94. The topological polar surface area (TPSA) is 67.4 Å². The van der Waals surface area contributed by atoms with Crippen LogP contribution >= 0.6 is 0 Å². The molecule has 0 aromatic heterocycles. The number of nitrogens with one attached hydrogen (secondary N) is 2. The molecule has 1 saturated heterocycles. The van der Waals surface area contributed by atoms with Crippen LogP contribution in [0.3, 0.4) is 0 Å². The van der Waals surface area contributed by atoms with E-state index in [1.165, 1.54) is 0 Å². The van der Waals surface area contributed by atoms with Crippen LogP contribution in [0.5, 0.6) is 0 Å². The van der Waals surface area contributed by atoms with Gasteiger partial charge in [0.2, 0.25) is 0 Å². The SMILES string of the molecule is CCCCOCC1NC(=O)NC1=O. The molecule has 0 bridgehead atoms. The summed E-state index contributed by atoms with van der Waals surface area (Å²) in [7, 11) is 0. The van der Waals surface area contributed by atoms with Crippen LogP contribution in [-0.4, -0.2) is 31.2 Å². The van der Waals surface area contributed by atoms with Crippen molar-refractivity contribution in [2.24, 2.45) is 0 Å². The molecule has 0 radical (unpaired) electrons. The molecule has 0 aliphatic carbocycles. The molecule has 3 amide bonds. The lowest BCUT2D eigenvalue weighted by Crippen LogP contribution is -2.33. The lowest BCUT2D eigenvalue weighted by molar-refractivity contribution is -0.121. The molecule has 1 rings (SSSR count). The maximum absolute atomic E-state index is 11.0. The first kappa shape index (κ1) is 9.98. The van der Waals surface area contributed by atoms with E-state index in [0.717, 1.165) is 12.8 Å². The summed E-state index contributed by atoms with van der Waals surface area (Å²) in [6.45, 7) is 2.96. The zero-order valence-electron chi connectivity index (χ0n) is 7.63. The number of rotatable bonds is 5. The summed E-state index contributed by atoms with van der Waals surface area (Å²) >= 11 is 0. The first-order chi connectivity index (χ1) is 6.24. The van der Waals surface area contributed by atoms with E-state index in [9.17, 15) is 9.59 Å². The Bertz CT molecular complexity index is 206. The standard InChI is InChI=1S/C8H14N2O3/c1-2-3-4-13-5-6-7(11)10-8(12)9-6/h6H,2-5H2,1H3,(H2,9,10,11,12).